The minimum absolute atomic E-state index is 0.704. The Kier molecular flexibility index (Phi) is 4.62. The molecule has 15 heavy (non-hydrogen) atoms. The summed E-state index contributed by atoms with van der Waals surface area (Å²) in [6, 6.07) is 5.93. The number of rotatable bonds is 5. The van der Waals surface area contributed by atoms with Crippen molar-refractivity contribution in [2.75, 3.05) is 29.6 Å². The quantitative estimate of drug-likeness (QED) is 0.594. The van der Waals surface area contributed by atoms with Gasteiger partial charge in [0, 0.05) is 29.4 Å². The Morgan fingerprint density at radius 2 is 2.20 bits per heavy atom. The number of hydrogen-bond donors (Lipinski definition) is 2. The van der Waals surface area contributed by atoms with Crippen LogP contribution in [0.2, 0.25) is 0 Å². The van der Waals surface area contributed by atoms with Crippen LogP contribution in [-0.4, -0.2) is 22.8 Å². The van der Waals surface area contributed by atoms with Crippen molar-refractivity contribution in [2.45, 2.75) is 13.3 Å². The molecule has 0 fully saturated rings. The van der Waals surface area contributed by atoms with Gasteiger partial charge in [-0.05, 0) is 25.0 Å². The molecule has 0 bridgehead atoms. The Bertz CT molecular complexity index is 352. The van der Waals surface area contributed by atoms with E-state index in [1.165, 1.54) is 0 Å². The Morgan fingerprint density at radius 1 is 1.47 bits per heavy atom. The van der Waals surface area contributed by atoms with Crippen molar-refractivity contribution in [2.24, 2.45) is 0 Å². The lowest BCUT2D eigenvalue weighted by atomic mass is 10.2. The molecule has 0 spiro atoms. The first-order valence-corrected chi connectivity index (χ1v) is 6.73. The van der Waals surface area contributed by atoms with Gasteiger partial charge in [0.1, 0.15) is 0 Å². The van der Waals surface area contributed by atoms with Crippen molar-refractivity contribution in [1.82, 2.24) is 0 Å². The molecule has 1 unspecified atom stereocenters. The lowest BCUT2D eigenvalue weighted by Crippen LogP contribution is -2.08. The molecule has 0 amide bonds. The summed E-state index contributed by atoms with van der Waals surface area (Å²) in [5.74, 6) is 0.735. The van der Waals surface area contributed by atoms with E-state index >= 15 is 0 Å². The van der Waals surface area contributed by atoms with Crippen LogP contribution in [0.25, 0.3) is 0 Å². The molecule has 0 aliphatic heterocycles. The van der Waals surface area contributed by atoms with Gasteiger partial charge >= 0.3 is 0 Å². The van der Waals surface area contributed by atoms with E-state index in [1.54, 1.807) is 6.26 Å². The maximum Gasteiger partial charge on any atom is 0.0579 e. The molecular formula is C11H18N2OS. The van der Waals surface area contributed by atoms with Gasteiger partial charge in [0.05, 0.1) is 11.4 Å². The van der Waals surface area contributed by atoms with Crippen LogP contribution in [0.3, 0.4) is 0 Å². The van der Waals surface area contributed by atoms with Crippen molar-refractivity contribution in [1.29, 1.82) is 0 Å². The highest BCUT2D eigenvalue weighted by Crippen LogP contribution is 2.21. The van der Waals surface area contributed by atoms with Gasteiger partial charge in [0.25, 0.3) is 0 Å². The molecule has 3 N–H and O–H groups in total. The zero-order valence-corrected chi connectivity index (χ0v) is 10.1. The van der Waals surface area contributed by atoms with Gasteiger partial charge in [0.15, 0.2) is 0 Å². The van der Waals surface area contributed by atoms with Crippen LogP contribution in [0, 0.1) is 6.92 Å². The Balaban J connectivity index is 2.44. The minimum Gasteiger partial charge on any atom is -0.397 e. The number of nitrogens with two attached hydrogens (primary N) is 1. The lowest BCUT2D eigenvalue weighted by molar-refractivity contribution is 0.685. The van der Waals surface area contributed by atoms with Gasteiger partial charge < -0.3 is 11.1 Å². The monoisotopic (exact) mass is 226 g/mol. The number of nitrogens with one attached hydrogen (secondary N) is 1. The molecule has 4 heteroatoms. The number of nitrogen functional groups attached to an aromatic ring is 1. The zero-order chi connectivity index (χ0) is 11.3. The molecule has 0 aliphatic carbocycles. The average Bonchev–Trinajstić information content (AvgIpc) is 2.18. The van der Waals surface area contributed by atoms with Crippen LogP contribution in [0.1, 0.15) is 12.0 Å². The van der Waals surface area contributed by atoms with Crippen LogP contribution in [0.4, 0.5) is 11.4 Å². The fraction of sp³-hybridized carbons (Fsp3) is 0.455. The van der Waals surface area contributed by atoms with Crippen molar-refractivity contribution < 1.29 is 4.21 Å². The molecule has 0 aromatic heterocycles. The zero-order valence-electron chi connectivity index (χ0n) is 9.25. The van der Waals surface area contributed by atoms with E-state index in [0.29, 0.717) is 0 Å². The van der Waals surface area contributed by atoms with Crippen LogP contribution < -0.4 is 11.1 Å². The molecule has 0 radical (unpaired) electrons. The Hall–Kier alpha value is -1.03. The molecule has 1 rings (SSSR count). The maximum atomic E-state index is 10.8. The van der Waals surface area contributed by atoms with Gasteiger partial charge in [-0.25, -0.2) is 0 Å². The van der Waals surface area contributed by atoms with Crippen molar-refractivity contribution >= 4 is 22.2 Å². The molecular weight excluding hydrogens is 208 g/mol. The SMILES string of the molecule is Cc1cccc(NCCCS(C)=O)c1N. The predicted molar refractivity (Wildman–Crippen MR) is 67.6 cm³/mol. The third kappa shape index (κ3) is 3.91. The molecule has 0 heterocycles. The van der Waals surface area contributed by atoms with E-state index < -0.39 is 10.8 Å². The molecule has 1 aromatic carbocycles. The smallest absolute Gasteiger partial charge is 0.0579 e. The van der Waals surface area contributed by atoms with Gasteiger partial charge in [-0.2, -0.15) is 0 Å². The summed E-state index contributed by atoms with van der Waals surface area (Å²) >= 11 is 0. The average molecular weight is 226 g/mol. The number of anilines is 2. The van der Waals surface area contributed by atoms with E-state index in [-0.39, 0.29) is 0 Å². The van der Waals surface area contributed by atoms with Gasteiger partial charge in [0.2, 0.25) is 0 Å². The summed E-state index contributed by atoms with van der Waals surface area (Å²) < 4.78 is 10.8. The van der Waals surface area contributed by atoms with E-state index in [9.17, 15) is 4.21 Å². The number of aryl methyl sites for hydroxylation is 1. The Morgan fingerprint density at radius 3 is 2.87 bits per heavy atom. The third-order valence-electron chi connectivity index (χ3n) is 2.25. The fourth-order valence-corrected chi connectivity index (χ4v) is 1.88. The minimum atomic E-state index is -0.704. The number of benzene rings is 1. The predicted octanol–water partition coefficient (Wildman–Crippen LogP) is 1.76. The van der Waals surface area contributed by atoms with Gasteiger partial charge in [-0.1, -0.05) is 12.1 Å². The van der Waals surface area contributed by atoms with Gasteiger partial charge in [-0.3, -0.25) is 4.21 Å². The molecule has 0 saturated carbocycles. The fourth-order valence-electron chi connectivity index (χ4n) is 1.33. The van der Waals surface area contributed by atoms with Crippen molar-refractivity contribution in [3.05, 3.63) is 23.8 Å². The lowest BCUT2D eigenvalue weighted by Gasteiger charge is -2.10. The molecule has 0 saturated heterocycles. The summed E-state index contributed by atoms with van der Waals surface area (Å²) in [5, 5.41) is 3.25. The molecule has 1 atom stereocenters. The summed E-state index contributed by atoms with van der Waals surface area (Å²) in [4.78, 5) is 0. The number of para-hydroxylation sites is 1. The van der Waals surface area contributed by atoms with E-state index in [1.807, 2.05) is 25.1 Å². The van der Waals surface area contributed by atoms with Crippen LogP contribution in [-0.2, 0) is 10.8 Å². The first kappa shape index (κ1) is 12.0. The first-order chi connectivity index (χ1) is 7.11. The van der Waals surface area contributed by atoms with E-state index in [4.69, 9.17) is 5.73 Å². The van der Waals surface area contributed by atoms with Gasteiger partial charge in [-0.15, -0.1) is 0 Å². The highest BCUT2D eigenvalue weighted by atomic mass is 32.2. The summed E-state index contributed by atoms with van der Waals surface area (Å²) in [5.41, 5.74) is 8.75. The molecule has 84 valence electrons. The summed E-state index contributed by atoms with van der Waals surface area (Å²) in [6.45, 7) is 2.80. The maximum absolute atomic E-state index is 10.8. The summed E-state index contributed by atoms with van der Waals surface area (Å²) in [6.07, 6.45) is 2.62. The number of hydrogen-bond acceptors (Lipinski definition) is 3. The summed E-state index contributed by atoms with van der Waals surface area (Å²) in [7, 11) is -0.704. The topological polar surface area (TPSA) is 55.1 Å². The molecule has 0 aliphatic rings. The first-order valence-electron chi connectivity index (χ1n) is 5.00. The van der Waals surface area contributed by atoms with Crippen molar-refractivity contribution in [3.8, 4) is 0 Å². The highest BCUT2D eigenvalue weighted by molar-refractivity contribution is 7.84. The molecule has 1 aromatic rings. The second kappa shape index (κ2) is 5.75. The van der Waals surface area contributed by atoms with Crippen molar-refractivity contribution in [3.63, 3.8) is 0 Å². The second-order valence-corrected chi connectivity index (χ2v) is 5.15. The molecule has 3 nitrogen and oxygen atoms in total. The normalized spacial score (nSPS) is 12.4. The third-order valence-corrected chi connectivity index (χ3v) is 3.11. The van der Waals surface area contributed by atoms with Crippen LogP contribution in [0.5, 0.6) is 0 Å². The largest absolute Gasteiger partial charge is 0.397 e. The standard InChI is InChI=1S/C11H18N2OS/c1-9-5-3-6-10(11(9)12)13-7-4-8-15(2)14/h3,5-6,13H,4,7-8,12H2,1-2H3. The van der Waals surface area contributed by atoms with E-state index in [0.717, 1.165) is 35.7 Å². The second-order valence-electron chi connectivity index (χ2n) is 3.59. The van der Waals surface area contributed by atoms with Crippen LogP contribution >= 0.6 is 0 Å². The van der Waals surface area contributed by atoms with Crippen LogP contribution in [0.15, 0.2) is 18.2 Å². The Labute approximate surface area is 93.5 Å². The van der Waals surface area contributed by atoms with E-state index in [2.05, 4.69) is 5.32 Å². The highest BCUT2D eigenvalue weighted by Gasteiger charge is 2.00.